The topological polar surface area (TPSA) is 107 Å². The van der Waals surface area contributed by atoms with Crippen molar-refractivity contribution in [3.8, 4) is 5.75 Å². The second kappa shape index (κ2) is 8.26. The van der Waals surface area contributed by atoms with Gasteiger partial charge in [-0.25, -0.2) is 12.8 Å². The highest BCUT2D eigenvalue weighted by Crippen LogP contribution is 2.32. The van der Waals surface area contributed by atoms with Crippen LogP contribution in [0.25, 0.3) is 0 Å². The van der Waals surface area contributed by atoms with E-state index in [1.807, 2.05) is 0 Å². The van der Waals surface area contributed by atoms with Crippen LogP contribution in [0.5, 0.6) is 5.75 Å². The standard InChI is InChI=1S/C19H19FN2O6S/c1-13(19(23)14-4-6-15(20)7-5-14)28-18-9-8-16(12-17(18)22(24)25)29(26,27)21-10-2-3-11-21/h4-9,12-13H,2-3,10-11H2,1H3. The lowest BCUT2D eigenvalue weighted by atomic mass is 10.1. The van der Waals surface area contributed by atoms with Crippen molar-refractivity contribution in [3.63, 3.8) is 0 Å². The number of carbonyl (C=O) groups is 1. The number of hydrogen-bond acceptors (Lipinski definition) is 6. The van der Waals surface area contributed by atoms with Crippen molar-refractivity contribution >= 4 is 21.5 Å². The summed E-state index contributed by atoms with van der Waals surface area (Å²) < 4.78 is 45.0. The molecule has 0 aliphatic carbocycles. The van der Waals surface area contributed by atoms with Crippen molar-refractivity contribution in [2.24, 2.45) is 0 Å². The summed E-state index contributed by atoms with van der Waals surface area (Å²) in [4.78, 5) is 22.9. The van der Waals surface area contributed by atoms with Crippen LogP contribution in [0.1, 0.15) is 30.1 Å². The Bertz CT molecular complexity index is 1030. The van der Waals surface area contributed by atoms with Crippen LogP contribution < -0.4 is 4.74 Å². The van der Waals surface area contributed by atoms with Gasteiger partial charge in [0.2, 0.25) is 15.8 Å². The summed E-state index contributed by atoms with van der Waals surface area (Å²) in [6, 6.07) is 8.18. The zero-order valence-electron chi connectivity index (χ0n) is 15.6. The molecule has 2 aromatic rings. The normalized spacial score (nSPS) is 15.8. The van der Waals surface area contributed by atoms with Gasteiger partial charge in [-0.1, -0.05) is 0 Å². The van der Waals surface area contributed by atoms with Gasteiger partial charge in [-0.15, -0.1) is 0 Å². The quantitative estimate of drug-likeness (QED) is 0.385. The first-order chi connectivity index (χ1) is 13.7. The highest BCUT2D eigenvalue weighted by Gasteiger charge is 2.30. The van der Waals surface area contributed by atoms with Crippen LogP contribution in [-0.4, -0.2) is 42.6 Å². The molecule has 29 heavy (non-hydrogen) atoms. The monoisotopic (exact) mass is 422 g/mol. The summed E-state index contributed by atoms with van der Waals surface area (Å²) in [6.07, 6.45) is 0.386. The second-order valence-corrected chi connectivity index (χ2v) is 8.57. The molecular weight excluding hydrogens is 403 g/mol. The smallest absolute Gasteiger partial charge is 0.312 e. The number of halogens is 1. The van der Waals surface area contributed by atoms with Gasteiger partial charge in [0.1, 0.15) is 5.82 Å². The molecule has 1 aliphatic rings. The zero-order chi connectivity index (χ0) is 21.2. The van der Waals surface area contributed by atoms with Gasteiger partial charge in [0.15, 0.2) is 11.9 Å². The number of carbonyl (C=O) groups excluding carboxylic acids is 1. The number of hydrogen-bond donors (Lipinski definition) is 0. The number of Topliss-reactive ketones (excluding diaryl/α,β-unsaturated/α-hetero) is 1. The fraction of sp³-hybridized carbons (Fsp3) is 0.316. The van der Waals surface area contributed by atoms with Crippen molar-refractivity contribution in [1.82, 2.24) is 4.31 Å². The maximum atomic E-state index is 13.0. The van der Waals surface area contributed by atoms with E-state index >= 15 is 0 Å². The molecule has 0 radical (unpaired) electrons. The van der Waals surface area contributed by atoms with Crippen molar-refractivity contribution in [1.29, 1.82) is 0 Å². The maximum absolute atomic E-state index is 13.0. The van der Waals surface area contributed by atoms with Crippen molar-refractivity contribution in [3.05, 3.63) is 64.0 Å². The molecule has 10 heteroatoms. The number of rotatable bonds is 7. The van der Waals surface area contributed by atoms with E-state index in [1.54, 1.807) is 0 Å². The molecule has 1 fully saturated rings. The summed E-state index contributed by atoms with van der Waals surface area (Å²) in [7, 11) is -3.83. The summed E-state index contributed by atoms with van der Waals surface area (Å²) in [6.45, 7) is 2.15. The molecule has 1 saturated heterocycles. The van der Waals surface area contributed by atoms with Crippen LogP contribution in [0, 0.1) is 15.9 Å². The van der Waals surface area contributed by atoms with Gasteiger partial charge in [-0.2, -0.15) is 4.31 Å². The fourth-order valence-electron chi connectivity index (χ4n) is 3.07. The Morgan fingerprint density at radius 1 is 1.17 bits per heavy atom. The lowest BCUT2D eigenvalue weighted by Gasteiger charge is -2.17. The van der Waals surface area contributed by atoms with Gasteiger partial charge in [-0.3, -0.25) is 14.9 Å². The summed E-state index contributed by atoms with van der Waals surface area (Å²) in [5, 5.41) is 11.5. The summed E-state index contributed by atoms with van der Waals surface area (Å²) >= 11 is 0. The van der Waals surface area contributed by atoms with E-state index in [1.165, 1.54) is 35.5 Å². The Kier molecular flexibility index (Phi) is 5.94. The first kappa shape index (κ1) is 20.9. The Morgan fingerprint density at radius 2 is 1.79 bits per heavy atom. The molecule has 2 aromatic carbocycles. The van der Waals surface area contributed by atoms with Crippen molar-refractivity contribution in [2.75, 3.05) is 13.1 Å². The van der Waals surface area contributed by atoms with E-state index in [9.17, 15) is 27.7 Å². The predicted octanol–water partition coefficient (Wildman–Crippen LogP) is 3.17. The molecule has 3 rings (SSSR count). The number of benzene rings is 2. The molecule has 1 heterocycles. The van der Waals surface area contributed by atoms with Crippen LogP contribution in [-0.2, 0) is 10.0 Å². The second-order valence-electron chi connectivity index (χ2n) is 6.63. The van der Waals surface area contributed by atoms with E-state index in [2.05, 4.69) is 0 Å². The van der Waals surface area contributed by atoms with E-state index in [4.69, 9.17) is 4.74 Å². The first-order valence-corrected chi connectivity index (χ1v) is 10.4. The van der Waals surface area contributed by atoms with Crippen LogP contribution in [0.15, 0.2) is 47.4 Å². The molecule has 1 aliphatic heterocycles. The highest BCUT2D eigenvalue weighted by atomic mass is 32.2. The van der Waals surface area contributed by atoms with Gasteiger partial charge in [-0.05, 0) is 56.2 Å². The Labute approximate surface area is 167 Å². The largest absolute Gasteiger partial charge is 0.475 e. The molecule has 0 amide bonds. The fourth-order valence-corrected chi connectivity index (χ4v) is 4.61. The van der Waals surface area contributed by atoms with Crippen molar-refractivity contribution in [2.45, 2.75) is 30.8 Å². The van der Waals surface area contributed by atoms with Crippen LogP contribution in [0.3, 0.4) is 0 Å². The lowest BCUT2D eigenvalue weighted by Crippen LogP contribution is -2.28. The van der Waals surface area contributed by atoms with Gasteiger partial charge >= 0.3 is 5.69 Å². The summed E-state index contributed by atoms with van der Waals surface area (Å²) in [5.41, 5.74) is -0.362. The predicted molar refractivity (Wildman–Crippen MR) is 102 cm³/mol. The molecule has 8 nitrogen and oxygen atoms in total. The van der Waals surface area contributed by atoms with Gasteiger partial charge < -0.3 is 4.74 Å². The Morgan fingerprint density at radius 3 is 2.38 bits per heavy atom. The first-order valence-electron chi connectivity index (χ1n) is 8.95. The number of nitro groups is 1. The Hall–Kier alpha value is -2.85. The molecule has 0 saturated carbocycles. The number of sulfonamides is 1. The molecular formula is C19H19FN2O6S. The SMILES string of the molecule is CC(Oc1ccc(S(=O)(=O)N2CCCC2)cc1[N+](=O)[O-])C(=O)c1ccc(F)cc1. The third kappa shape index (κ3) is 4.43. The molecule has 0 spiro atoms. The van der Waals surface area contributed by atoms with E-state index in [-0.39, 0.29) is 16.2 Å². The van der Waals surface area contributed by atoms with E-state index in [0.717, 1.165) is 31.0 Å². The third-order valence-electron chi connectivity index (χ3n) is 4.63. The minimum absolute atomic E-state index is 0.190. The van der Waals surface area contributed by atoms with Gasteiger partial charge in [0.05, 0.1) is 9.82 Å². The molecule has 0 N–H and O–H groups in total. The number of ether oxygens (including phenoxy) is 1. The van der Waals surface area contributed by atoms with Crippen LogP contribution in [0.4, 0.5) is 10.1 Å². The van der Waals surface area contributed by atoms with Crippen molar-refractivity contribution < 1.29 is 27.3 Å². The highest BCUT2D eigenvalue weighted by molar-refractivity contribution is 7.89. The Balaban J connectivity index is 1.86. The van der Waals surface area contributed by atoms with Gasteiger partial charge in [0.25, 0.3) is 0 Å². The average Bonchev–Trinajstić information content (AvgIpc) is 3.23. The number of nitrogens with zero attached hydrogens (tertiary/aromatic N) is 2. The average molecular weight is 422 g/mol. The third-order valence-corrected chi connectivity index (χ3v) is 6.53. The number of nitro benzene ring substituents is 1. The van der Waals surface area contributed by atoms with E-state index in [0.29, 0.717) is 13.1 Å². The van der Waals surface area contributed by atoms with Gasteiger partial charge in [0, 0.05) is 24.7 Å². The van der Waals surface area contributed by atoms with Crippen LogP contribution >= 0.6 is 0 Å². The zero-order valence-corrected chi connectivity index (χ0v) is 16.4. The molecule has 1 atom stereocenters. The lowest BCUT2D eigenvalue weighted by molar-refractivity contribution is -0.386. The minimum Gasteiger partial charge on any atom is -0.475 e. The summed E-state index contributed by atoms with van der Waals surface area (Å²) in [5.74, 6) is -1.22. The number of ketones is 1. The molecule has 1 unspecified atom stereocenters. The minimum atomic E-state index is -3.83. The van der Waals surface area contributed by atoms with E-state index < -0.39 is 38.3 Å². The molecule has 0 bridgehead atoms. The maximum Gasteiger partial charge on any atom is 0.312 e. The molecule has 154 valence electrons. The molecule has 0 aromatic heterocycles. The van der Waals surface area contributed by atoms with Crippen LogP contribution in [0.2, 0.25) is 0 Å².